The predicted molar refractivity (Wildman–Crippen MR) is 99.4 cm³/mol. The van der Waals surface area contributed by atoms with Gasteiger partial charge in [0.25, 0.3) is 0 Å². The molecule has 1 aromatic carbocycles. The van der Waals surface area contributed by atoms with Crippen molar-refractivity contribution < 1.29 is 9.59 Å². The van der Waals surface area contributed by atoms with Crippen LogP contribution in [0.5, 0.6) is 0 Å². The Bertz CT molecular complexity index is 611. The van der Waals surface area contributed by atoms with Gasteiger partial charge in [-0.2, -0.15) is 0 Å². The maximum absolute atomic E-state index is 12.3. The Labute approximate surface area is 149 Å². The molecular weight excluding hydrogens is 314 g/mol. The van der Waals surface area contributed by atoms with E-state index in [0.29, 0.717) is 13.1 Å². The molecule has 0 bridgehead atoms. The number of anilines is 1. The van der Waals surface area contributed by atoms with Gasteiger partial charge in [0.05, 0.1) is 0 Å². The van der Waals surface area contributed by atoms with E-state index in [4.69, 9.17) is 0 Å². The summed E-state index contributed by atoms with van der Waals surface area (Å²) in [6.07, 6.45) is 9.21. The van der Waals surface area contributed by atoms with Crippen LogP contribution >= 0.6 is 0 Å². The molecule has 134 valence electrons. The van der Waals surface area contributed by atoms with Crippen LogP contribution in [0.3, 0.4) is 0 Å². The lowest BCUT2D eigenvalue weighted by Gasteiger charge is -2.32. The van der Waals surface area contributed by atoms with Crippen LogP contribution in [-0.4, -0.2) is 36.0 Å². The van der Waals surface area contributed by atoms with Crippen LogP contribution in [0.2, 0.25) is 0 Å². The van der Waals surface area contributed by atoms with Crippen molar-refractivity contribution in [3.05, 3.63) is 42.0 Å². The van der Waals surface area contributed by atoms with Gasteiger partial charge in [-0.25, -0.2) is 4.79 Å². The highest BCUT2D eigenvalue weighted by molar-refractivity contribution is 5.90. The molecule has 2 aliphatic rings. The fraction of sp³-hybridized carbons (Fsp3) is 0.500. The smallest absolute Gasteiger partial charge is 0.321 e. The number of carbonyl (C=O) groups excluding carboxylic acids is 2. The number of hydrogen-bond donors (Lipinski definition) is 2. The molecule has 1 aliphatic heterocycles. The molecule has 5 heteroatoms. The van der Waals surface area contributed by atoms with E-state index < -0.39 is 0 Å². The van der Waals surface area contributed by atoms with Gasteiger partial charge >= 0.3 is 6.03 Å². The predicted octanol–water partition coefficient (Wildman–Crippen LogP) is 3.69. The summed E-state index contributed by atoms with van der Waals surface area (Å²) in [4.78, 5) is 26.2. The summed E-state index contributed by atoms with van der Waals surface area (Å²) in [5.41, 5.74) is 2.09. The minimum atomic E-state index is -0.0692. The zero-order valence-electron chi connectivity index (χ0n) is 14.7. The Morgan fingerprint density at radius 1 is 1.00 bits per heavy atom. The quantitative estimate of drug-likeness (QED) is 0.824. The number of amides is 3. The first-order valence-corrected chi connectivity index (χ1v) is 9.31. The van der Waals surface area contributed by atoms with Crippen molar-refractivity contribution in [3.63, 3.8) is 0 Å². The van der Waals surface area contributed by atoms with E-state index in [1.807, 2.05) is 35.2 Å². The molecule has 0 spiro atoms. The van der Waals surface area contributed by atoms with Crippen LogP contribution in [-0.2, 0) is 4.79 Å². The number of urea groups is 1. The van der Waals surface area contributed by atoms with E-state index in [0.717, 1.165) is 31.4 Å². The van der Waals surface area contributed by atoms with Crippen molar-refractivity contribution in [2.45, 2.75) is 51.0 Å². The Kier molecular flexibility index (Phi) is 6.09. The normalized spacial score (nSPS) is 18.6. The lowest BCUT2D eigenvalue weighted by Crippen LogP contribution is -2.47. The van der Waals surface area contributed by atoms with E-state index in [9.17, 15) is 9.59 Å². The SMILES string of the molecule is O=C(C=C1CCCCC1)NC1CCN(C(=O)Nc2ccccc2)CC1. The molecule has 0 radical (unpaired) electrons. The third kappa shape index (κ3) is 5.34. The minimum Gasteiger partial charge on any atom is -0.350 e. The average molecular weight is 341 g/mol. The van der Waals surface area contributed by atoms with Crippen LogP contribution in [0.4, 0.5) is 10.5 Å². The van der Waals surface area contributed by atoms with Crippen LogP contribution in [0.1, 0.15) is 44.9 Å². The van der Waals surface area contributed by atoms with E-state index in [1.165, 1.54) is 24.8 Å². The number of nitrogens with one attached hydrogen (secondary N) is 2. The standard InChI is InChI=1S/C20H27N3O2/c24-19(15-16-7-3-1-4-8-16)21-18-11-13-23(14-12-18)20(25)22-17-9-5-2-6-10-17/h2,5-6,9-10,15,18H,1,3-4,7-8,11-14H2,(H,21,24)(H,22,25). The van der Waals surface area contributed by atoms with E-state index >= 15 is 0 Å². The summed E-state index contributed by atoms with van der Waals surface area (Å²) >= 11 is 0. The highest BCUT2D eigenvalue weighted by Crippen LogP contribution is 2.22. The number of piperidine rings is 1. The third-order valence-corrected chi connectivity index (χ3v) is 4.98. The first kappa shape index (κ1) is 17.5. The van der Waals surface area contributed by atoms with Crippen LogP contribution in [0.15, 0.2) is 42.0 Å². The second kappa shape index (κ2) is 8.70. The van der Waals surface area contributed by atoms with Gasteiger partial charge in [0.2, 0.25) is 5.91 Å². The molecule has 5 nitrogen and oxygen atoms in total. The second-order valence-corrected chi connectivity index (χ2v) is 6.93. The summed E-state index contributed by atoms with van der Waals surface area (Å²) in [7, 11) is 0. The molecule has 2 fully saturated rings. The average Bonchev–Trinajstić information content (AvgIpc) is 2.64. The van der Waals surface area contributed by atoms with Gasteiger partial charge in [0.1, 0.15) is 0 Å². The maximum Gasteiger partial charge on any atom is 0.321 e. The third-order valence-electron chi connectivity index (χ3n) is 4.98. The maximum atomic E-state index is 12.3. The second-order valence-electron chi connectivity index (χ2n) is 6.93. The molecule has 1 aromatic rings. The number of para-hydroxylation sites is 1. The fourth-order valence-electron chi connectivity index (χ4n) is 3.53. The Balaban J connectivity index is 1.42. The topological polar surface area (TPSA) is 61.4 Å². The number of hydrogen-bond acceptors (Lipinski definition) is 2. The molecule has 25 heavy (non-hydrogen) atoms. The Morgan fingerprint density at radius 3 is 2.36 bits per heavy atom. The highest BCUT2D eigenvalue weighted by Gasteiger charge is 2.23. The number of likely N-dealkylation sites (tertiary alicyclic amines) is 1. The molecular formula is C20H27N3O2. The summed E-state index contributed by atoms with van der Waals surface area (Å²) in [6.45, 7) is 1.33. The van der Waals surface area contributed by atoms with Gasteiger partial charge in [-0.05, 0) is 50.7 Å². The zero-order chi connectivity index (χ0) is 17.5. The van der Waals surface area contributed by atoms with Gasteiger partial charge in [-0.15, -0.1) is 0 Å². The first-order chi connectivity index (χ1) is 12.2. The monoisotopic (exact) mass is 341 g/mol. The molecule has 0 aromatic heterocycles. The lowest BCUT2D eigenvalue weighted by molar-refractivity contribution is -0.117. The van der Waals surface area contributed by atoms with Crippen molar-refractivity contribution in [3.8, 4) is 0 Å². The summed E-state index contributed by atoms with van der Waals surface area (Å²) in [5, 5.41) is 6.01. The molecule has 1 saturated heterocycles. The van der Waals surface area contributed by atoms with E-state index in [-0.39, 0.29) is 18.0 Å². The molecule has 1 aliphatic carbocycles. The molecule has 3 amide bonds. The van der Waals surface area contributed by atoms with Gasteiger partial charge in [0, 0.05) is 30.9 Å². The number of carbonyl (C=O) groups is 2. The van der Waals surface area contributed by atoms with Crippen LogP contribution in [0.25, 0.3) is 0 Å². The van der Waals surface area contributed by atoms with Crippen LogP contribution in [0, 0.1) is 0 Å². The van der Waals surface area contributed by atoms with Gasteiger partial charge in [0.15, 0.2) is 0 Å². The number of benzene rings is 1. The van der Waals surface area contributed by atoms with Crippen molar-refractivity contribution in [2.75, 3.05) is 18.4 Å². The molecule has 1 saturated carbocycles. The Hall–Kier alpha value is -2.30. The number of allylic oxidation sites excluding steroid dienone is 1. The Morgan fingerprint density at radius 2 is 1.68 bits per heavy atom. The molecule has 1 heterocycles. The largest absolute Gasteiger partial charge is 0.350 e. The molecule has 0 atom stereocenters. The summed E-state index contributed by atoms with van der Waals surface area (Å²) in [6, 6.07) is 9.57. The summed E-state index contributed by atoms with van der Waals surface area (Å²) < 4.78 is 0. The van der Waals surface area contributed by atoms with Gasteiger partial charge in [-0.3, -0.25) is 4.79 Å². The molecule has 3 rings (SSSR count). The van der Waals surface area contributed by atoms with Gasteiger partial charge < -0.3 is 15.5 Å². The first-order valence-electron chi connectivity index (χ1n) is 9.31. The lowest BCUT2D eigenvalue weighted by atomic mass is 9.94. The van der Waals surface area contributed by atoms with Crippen LogP contribution < -0.4 is 10.6 Å². The molecule has 2 N–H and O–H groups in total. The van der Waals surface area contributed by atoms with Crippen molar-refractivity contribution in [2.24, 2.45) is 0 Å². The highest BCUT2D eigenvalue weighted by atomic mass is 16.2. The van der Waals surface area contributed by atoms with Gasteiger partial charge in [-0.1, -0.05) is 30.2 Å². The van der Waals surface area contributed by atoms with Crippen molar-refractivity contribution >= 4 is 17.6 Å². The van der Waals surface area contributed by atoms with Crippen molar-refractivity contribution in [1.82, 2.24) is 10.2 Å². The van der Waals surface area contributed by atoms with E-state index in [2.05, 4.69) is 10.6 Å². The van der Waals surface area contributed by atoms with Crippen molar-refractivity contribution in [1.29, 1.82) is 0 Å². The zero-order valence-corrected chi connectivity index (χ0v) is 14.7. The number of nitrogens with zero attached hydrogens (tertiary/aromatic N) is 1. The van der Waals surface area contributed by atoms with E-state index in [1.54, 1.807) is 6.08 Å². The number of rotatable bonds is 3. The molecule has 0 unspecified atom stereocenters. The summed E-state index contributed by atoms with van der Waals surface area (Å²) in [5.74, 6) is 0.0316. The minimum absolute atomic E-state index is 0.0316. The fourth-order valence-corrected chi connectivity index (χ4v) is 3.53.